The minimum absolute atomic E-state index is 0.342. The molecular weight excluding hydrogens is 254 g/mol. The number of aryl methyl sites for hydroxylation is 2. The number of nitrogens with one attached hydrogen (secondary N) is 1. The van der Waals surface area contributed by atoms with Crippen molar-refractivity contribution in [3.63, 3.8) is 0 Å². The topological polar surface area (TPSA) is 80.2 Å². The molecule has 4 rings (SSSR count). The lowest BCUT2D eigenvalue weighted by Gasteiger charge is -2.39. The van der Waals surface area contributed by atoms with Gasteiger partial charge in [0.25, 0.3) is 0 Å². The molecule has 6 nitrogen and oxygen atoms in total. The van der Waals surface area contributed by atoms with Crippen LogP contribution in [0.25, 0.3) is 11.1 Å². The first-order valence-corrected chi connectivity index (χ1v) is 7.26. The quantitative estimate of drug-likeness (QED) is 0.852. The number of fused-ring (bicyclic) bond motifs is 3. The number of nitrogens with zero attached hydrogens (tertiary/aromatic N) is 3. The fourth-order valence-corrected chi connectivity index (χ4v) is 3.17. The monoisotopic (exact) mass is 273 g/mol. The molecule has 2 aliphatic rings. The molecule has 20 heavy (non-hydrogen) atoms. The van der Waals surface area contributed by atoms with Crippen molar-refractivity contribution in [3.05, 3.63) is 11.3 Å². The fraction of sp³-hybridized carbons (Fsp3) is 0.571. The van der Waals surface area contributed by atoms with Gasteiger partial charge >= 0.3 is 0 Å². The molecule has 6 heteroatoms. The predicted molar refractivity (Wildman–Crippen MR) is 77.9 cm³/mol. The summed E-state index contributed by atoms with van der Waals surface area (Å²) in [5.41, 5.74) is 8.88. The molecule has 0 unspecified atom stereocenters. The Morgan fingerprint density at radius 1 is 1.25 bits per heavy atom. The normalized spacial score (nSPS) is 19.1. The van der Waals surface area contributed by atoms with Crippen LogP contribution in [0.15, 0.2) is 4.42 Å². The minimum Gasteiger partial charge on any atom is -0.455 e. The Labute approximate surface area is 117 Å². The van der Waals surface area contributed by atoms with E-state index < -0.39 is 0 Å². The third kappa shape index (κ3) is 1.67. The Balaban J connectivity index is 1.82. The van der Waals surface area contributed by atoms with Crippen molar-refractivity contribution < 1.29 is 4.42 Å². The van der Waals surface area contributed by atoms with Crippen molar-refractivity contribution in [1.29, 1.82) is 0 Å². The van der Waals surface area contributed by atoms with Gasteiger partial charge in [-0.05, 0) is 26.3 Å². The lowest BCUT2D eigenvalue weighted by molar-refractivity contribution is 0.443. The summed E-state index contributed by atoms with van der Waals surface area (Å²) < 4.78 is 6.06. The maximum atomic E-state index is 6.06. The van der Waals surface area contributed by atoms with Crippen LogP contribution >= 0.6 is 0 Å². The second-order valence-corrected chi connectivity index (χ2v) is 5.68. The van der Waals surface area contributed by atoms with Crippen molar-refractivity contribution >= 4 is 22.9 Å². The van der Waals surface area contributed by atoms with Gasteiger partial charge in [-0.1, -0.05) is 0 Å². The summed E-state index contributed by atoms with van der Waals surface area (Å²) in [4.78, 5) is 11.0. The molecule has 3 N–H and O–H groups in total. The number of anilines is 2. The van der Waals surface area contributed by atoms with Gasteiger partial charge in [-0.2, -0.15) is 4.98 Å². The molecule has 3 heterocycles. The third-order valence-corrected chi connectivity index (χ3v) is 4.38. The van der Waals surface area contributed by atoms with Crippen LogP contribution in [0.5, 0.6) is 0 Å². The van der Waals surface area contributed by atoms with Crippen molar-refractivity contribution in [1.82, 2.24) is 15.3 Å². The number of hydrogen-bond donors (Lipinski definition) is 2. The van der Waals surface area contributed by atoms with E-state index in [4.69, 9.17) is 10.2 Å². The SMILES string of the molecule is CNC1CN(c2nc(N)nc3c4c(oc23)CCCC4)C1. The summed E-state index contributed by atoms with van der Waals surface area (Å²) >= 11 is 0. The molecule has 0 aromatic carbocycles. The van der Waals surface area contributed by atoms with Gasteiger partial charge in [0.1, 0.15) is 11.3 Å². The van der Waals surface area contributed by atoms with Crippen molar-refractivity contribution in [2.45, 2.75) is 31.7 Å². The first-order valence-electron chi connectivity index (χ1n) is 7.26. The molecule has 1 saturated heterocycles. The molecule has 0 spiro atoms. The average molecular weight is 273 g/mol. The van der Waals surface area contributed by atoms with E-state index in [0.717, 1.165) is 48.6 Å². The van der Waals surface area contributed by atoms with E-state index in [9.17, 15) is 0 Å². The molecule has 2 aromatic rings. The van der Waals surface area contributed by atoms with Gasteiger partial charge in [0.2, 0.25) is 5.95 Å². The zero-order chi connectivity index (χ0) is 13.7. The number of nitrogens with two attached hydrogens (primary N) is 1. The van der Waals surface area contributed by atoms with Crippen LogP contribution in [0.4, 0.5) is 11.8 Å². The zero-order valence-electron chi connectivity index (χ0n) is 11.6. The van der Waals surface area contributed by atoms with Gasteiger partial charge in [-0.3, -0.25) is 0 Å². The average Bonchev–Trinajstić information content (AvgIpc) is 2.76. The maximum Gasteiger partial charge on any atom is 0.222 e. The highest BCUT2D eigenvalue weighted by atomic mass is 16.3. The molecule has 0 atom stereocenters. The van der Waals surface area contributed by atoms with Crippen LogP contribution in [-0.4, -0.2) is 36.1 Å². The van der Waals surface area contributed by atoms with Crippen molar-refractivity contribution in [2.24, 2.45) is 0 Å². The maximum absolute atomic E-state index is 6.06. The highest BCUT2D eigenvalue weighted by molar-refractivity contribution is 5.89. The van der Waals surface area contributed by atoms with Crippen molar-refractivity contribution in [2.75, 3.05) is 30.8 Å². The molecule has 0 saturated carbocycles. The molecule has 0 amide bonds. The Bertz CT molecular complexity index is 659. The van der Waals surface area contributed by atoms with E-state index in [1.54, 1.807) is 0 Å². The first kappa shape index (κ1) is 12.0. The largest absolute Gasteiger partial charge is 0.455 e. The molecular formula is C14H19N5O. The lowest BCUT2D eigenvalue weighted by Crippen LogP contribution is -2.57. The second-order valence-electron chi connectivity index (χ2n) is 5.68. The zero-order valence-corrected chi connectivity index (χ0v) is 11.6. The molecule has 106 valence electrons. The minimum atomic E-state index is 0.342. The predicted octanol–water partition coefficient (Wildman–Crippen LogP) is 1.09. The van der Waals surface area contributed by atoms with Crippen LogP contribution in [0.2, 0.25) is 0 Å². The Hall–Kier alpha value is -1.82. The highest BCUT2D eigenvalue weighted by Crippen LogP contribution is 2.36. The van der Waals surface area contributed by atoms with Crippen LogP contribution in [0.1, 0.15) is 24.2 Å². The van der Waals surface area contributed by atoms with Gasteiger partial charge in [0.15, 0.2) is 11.4 Å². The van der Waals surface area contributed by atoms with Crippen LogP contribution in [0, 0.1) is 0 Å². The van der Waals surface area contributed by atoms with Gasteiger partial charge < -0.3 is 20.4 Å². The summed E-state index contributed by atoms with van der Waals surface area (Å²) in [5.74, 6) is 2.28. The van der Waals surface area contributed by atoms with Crippen LogP contribution in [0.3, 0.4) is 0 Å². The smallest absolute Gasteiger partial charge is 0.222 e. The molecule has 1 aliphatic carbocycles. The van der Waals surface area contributed by atoms with E-state index in [1.807, 2.05) is 7.05 Å². The fourth-order valence-electron chi connectivity index (χ4n) is 3.17. The van der Waals surface area contributed by atoms with Gasteiger partial charge in [0.05, 0.1) is 0 Å². The summed E-state index contributed by atoms with van der Waals surface area (Å²) in [6.07, 6.45) is 4.44. The Morgan fingerprint density at radius 2 is 2.05 bits per heavy atom. The number of aromatic nitrogens is 2. The Kier molecular flexibility index (Phi) is 2.60. The van der Waals surface area contributed by atoms with Crippen LogP contribution in [-0.2, 0) is 12.8 Å². The molecule has 0 bridgehead atoms. The summed E-state index contributed by atoms with van der Waals surface area (Å²) in [6.45, 7) is 1.88. The first-order chi connectivity index (χ1) is 9.76. The standard InChI is InChI=1S/C14H19N5O/c1-16-8-6-19(7-8)13-12-11(17-14(15)18-13)9-4-2-3-5-10(9)20-12/h8,16H,2-7H2,1H3,(H2,15,17,18). The third-order valence-electron chi connectivity index (χ3n) is 4.38. The van der Waals surface area contributed by atoms with E-state index in [0.29, 0.717) is 12.0 Å². The molecule has 2 aromatic heterocycles. The van der Waals surface area contributed by atoms with E-state index >= 15 is 0 Å². The Morgan fingerprint density at radius 3 is 2.85 bits per heavy atom. The van der Waals surface area contributed by atoms with Crippen LogP contribution < -0.4 is 16.0 Å². The summed E-state index contributed by atoms with van der Waals surface area (Å²) in [7, 11) is 1.98. The van der Waals surface area contributed by atoms with E-state index in [1.165, 1.54) is 18.4 Å². The van der Waals surface area contributed by atoms with E-state index in [-0.39, 0.29) is 0 Å². The van der Waals surface area contributed by atoms with Gasteiger partial charge in [-0.15, -0.1) is 0 Å². The van der Waals surface area contributed by atoms with Crippen molar-refractivity contribution in [3.8, 4) is 0 Å². The number of hydrogen-bond acceptors (Lipinski definition) is 6. The number of nitrogen functional groups attached to an aromatic ring is 1. The van der Waals surface area contributed by atoms with E-state index in [2.05, 4.69) is 20.2 Å². The van der Waals surface area contributed by atoms with Gasteiger partial charge in [0, 0.05) is 31.1 Å². The second kappa shape index (κ2) is 4.34. The molecule has 1 aliphatic heterocycles. The van der Waals surface area contributed by atoms with Gasteiger partial charge in [-0.25, -0.2) is 4.98 Å². The number of furan rings is 1. The number of rotatable bonds is 2. The lowest BCUT2D eigenvalue weighted by atomic mass is 9.98. The summed E-state index contributed by atoms with van der Waals surface area (Å²) in [6, 6.07) is 0.519. The number of likely N-dealkylation sites (N-methyl/N-ethyl adjacent to an activating group) is 1. The molecule has 0 radical (unpaired) electrons. The summed E-state index contributed by atoms with van der Waals surface area (Å²) in [5, 5.41) is 3.27. The highest BCUT2D eigenvalue weighted by Gasteiger charge is 2.31. The molecule has 1 fully saturated rings.